The summed E-state index contributed by atoms with van der Waals surface area (Å²) in [6.07, 6.45) is 0.732. The highest BCUT2D eigenvalue weighted by molar-refractivity contribution is 6.30. The standard InChI is InChI=1S/C10H8ClN3O/c1-7-10(6-15)14(13-12-7)9-4-2-3-8(11)5-9/h2-6H,1H3. The number of carbonyl (C=O) groups is 1. The average molecular weight is 222 g/mol. The lowest BCUT2D eigenvalue weighted by Crippen LogP contribution is -2.01. The van der Waals surface area contributed by atoms with Gasteiger partial charge in [0, 0.05) is 5.02 Å². The average Bonchev–Trinajstić information content (AvgIpc) is 2.59. The van der Waals surface area contributed by atoms with E-state index in [2.05, 4.69) is 10.3 Å². The van der Waals surface area contributed by atoms with Crippen molar-refractivity contribution in [2.75, 3.05) is 0 Å². The molecular weight excluding hydrogens is 214 g/mol. The maximum Gasteiger partial charge on any atom is 0.170 e. The van der Waals surface area contributed by atoms with Gasteiger partial charge in [0.05, 0.1) is 11.4 Å². The summed E-state index contributed by atoms with van der Waals surface area (Å²) in [5.74, 6) is 0. The zero-order valence-corrected chi connectivity index (χ0v) is 8.77. The highest BCUT2D eigenvalue weighted by atomic mass is 35.5. The van der Waals surface area contributed by atoms with Crippen molar-refractivity contribution < 1.29 is 4.79 Å². The molecule has 15 heavy (non-hydrogen) atoms. The Bertz CT molecular complexity index is 507. The van der Waals surface area contributed by atoms with E-state index >= 15 is 0 Å². The molecule has 0 saturated heterocycles. The highest BCUT2D eigenvalue weighted by Gasteiger charge is 2.09. The van der Waals surface area contributed by atoms with Crippen molar-refractivity contribution in [2.24, 2.45) is 0 Å². The Morgan fingerprint density at radius 1 is 1.47 bits per heavy atom. The lowest BCUT2D eigenvalue weighted by molar-refractivity contribution is 0.111. The number of nitrogens with zero attached hydrogens (tertiary/aromatic N) is 3. The van der Waals surface area contributed by atoms with Gasteiger partial charge in [-0.1, -0.05) is 22.9 Å². The fraction of sp³-hybridized carbons (Fsp3) is 0.100. The zero-order chi connectivity index (χ0) is 10.8. The van der Waals surface area contributed by atoms with Crippen molar-refractivity contribution in [3.05, 3.63) is 40.7 Å². The Labute approximate surface area is 91.5 Å². The van der Waals surface area contributed by atoms with Gasteiger partial charge in [0.2, 0.25) is 0 Å². The molecule has 4 nitrogen and oxygen atoms in total. The fourth-order valence-corrected chi connectivity index (χ4v) is 1.48. The number of aldehydes is 1. The molecule has 76 valence electrons. The second-order valence-electron chi connectivity index (χ2n) is 3.07. The number of aromatic nitrogens is 3. The minimum atomic E-state index is 0.442. The molecule has 1 heterocycles. The van der Waals surface area contributed by atoms with Crippen LogP contribution in [0.5, 0.6) is 0 Å². The van der Waals surface area contributed by atoms with Crippen molar-refractivity contribution in [1.29, 1.82) is 0 Å². The summed E-state index contributed by atoms with van der Waals surface area (Å²) in [7, 11) is 0. The number of carbonyl (C=O) groups excluding carboxylic acids is 1. The minimum absolute atomic E-state index is 0.442. The van der Waals surface area contributed by atoms with Crippen molar-refractivity contribution >= 4 is 17.9 Å². The number of rotatable bonds is 2. The molecule has 0 amide bonds. The van der Waals surface area contributed by atoms with Gasteiger partial charge in [0.15, 0.2) is 6.29 Å². The molecular formula is C10H8ClN3O. The predicted molar refractivity (Wildman–Crippen MR) is 56.5 cm³/mol. The van der Waals surface area contributed by atoms with E-state index in [1.807, 2.05) is 6.07 Å². The van der Waals surface area contributed by atoms with Crippen molar-refractivity contribution in [3.63, 3.8) is 0 Å². The van der Waals surface area contributed by atoms with E-state index in [-0.39, 0.29) is 0 Å². The quantitative estimate of drug-likeness (QED) is 0.730. The van der Waals surface area contributed by atoms with E-state index < -0.39 is 0 Å². The third-order valence-corrected chi connectivity index (χ3v) is 2.28. The van der Waals surface area contributed by atoms with Gasteiger partial charge in [-0.3, -0.25) is 4.79 Å². The van der Waals surface area contributed by atoms with Crippen LogP contribution in [0, 0.1) is 6.92 Å². The molecule has 5 heteroatoms. The first-order valence-electron chi connectivity index (χ1n) is 4.36. The first-order valence-corrected chi connectivity index (χ1v) is 4.73. The Morgan fingerprint density at radius 2 is 2.27 bits per heavy atom. The molecule has 1 aromatic carbocycles. The first kappa shape index (κ1) is 9.86. The molecule has 0 saturated carbocycles. The number of hydrogen-bond donors (Lipinski definition) is 0. The van der Waals surface area contributed by atoms with Crippen LogP contribution in [0.1, 0.15) is 16.2 Å². The normalized spacial score (nSPS) is 10.3. The Hall–Kier alpha value is -1.68. The van der Waals surface area contributed by atoms with E-state index in [4.69, 9.17) is 11.6 Å². The smallest absolute Gasteiger partial charge is 0.170 e. The molecule has 0 spiro atoms. The summed E-state index contributed by atoms with van der Waals surface area (Å²) in [6.45, 7) is 1.73. The molecule has 2 rings (SSSR count). The number of halogens is 1. The minimum Gasteiger partial charge on any atom is -0.296 e. The largest absolute Gasteiger partial charge is 0.296 e. The van der Waals surface area contributed by atoms with E-state index in [0.717, 1.165) is 12.0 Å². The van der Waals surface area contributed by atoms with Crippen LogP contribution in [0.2, 0.25) is 5.02 Å². The third-order valence-electron chi connectivity index (χ3n) is 2.05. The van der Waals surface area contributed by atoms with Crippen molar-refractivity contribution in [2.45, 2.75) is 6.92 Å². The lowest BCUT2D eigenvalue weighted by Gasteiger charge is -2.02. The van der Waals surface area contributed by atoms with E-state index in [1.54, 1.807) is 25.1 Å². The van der Waals surface area contributed by atoms with E-state index in [0.29, 0.717) is 16.4 Å². The molecule has 0 bridgehead atoms. The van der Waals surface area contributed by atoms with Gasteiger partial charge in [-0.15, -0.1) is 5.10 Å². The second kappa shape index (κ2) is 3.82. The van der Waals surface area contributed by atoms with Gasteiger partial charge >= 0.3 is 0 Å². The van der Waals surface area contributed by atoms with Gasteiger partial charge in [-0.25, -0.2) is 4.68 Å². The maximum atomic E-state index is 10.8. The molecule has 0 radical (unpaired) electrons. The molecule has 0 aliphatic rings. The van der Waals surface area contributed by atoms with Gasteiger partial charge in [-0.2, -0.15) is 0 Å². The van der Waals surface area contributed by atoms with Crippen LogP contribution in [-0.4, -0.2) is 21.3 Å². The second-order valence-corrected chi connectivity index (χ2v) is 3.51. The van der Waals surface area contributed by atoms with Crippen LogP contribution < -0.4 is 0 Å². The van der Waals surface area contributed by atoms with Crippen LogP contribution in [0.25, 0.3) is 5.69 Å². The zero-order valence-electron chi connectivity index (χ0n) is 8.01. The van der Waals surface area contributed by atoms with Gasteiger partial charge in [0.25, 0.3) is 0 Å². The van der Waals surface area contributed by atoms with E-state index in [1.165, 1.54) is 4.68 Å². The van der Waals surface area contributed by atoms with Gasteiger partial charge in [-0.05, 0) is 25.1 Å². The molecule has 0 atom stereocenters. The van der Waals surface area contributed by atoms with Gasteiger partial charge < -0.3 is 0 Å². The maximum absolute atomic E-state index is 10.8. The van der Waals surface area contributed by atoms with Crippen LogP contribution in [-0.2, 0) is 0 Å². The molecule has 0 N–H and O–H groups in total. The third kappa shape index (κ3) is 1.76. The van der Waals surface area contributed by atoms with Crippen LogP contribution in [0.4, 0.5) is 0 Å². The molecule has 1 aromatic heterocycles. The van der Waals surface area contributed by atoms with Gasteiger partial charge in [0.1, 0.15) is 5.69 Å². The monoisotopic (exact) mass is 221 g/mol. The molecule has 0 aliphatic heterocycles. The molecule has 2 aromatic rings. The van der Waals surface area contributed by atoms with Crippen LogP contribution >= 0.6 is 11.6 Å². The summed E-state index contributed by atoms with van der Waals surface area (Å²) in [5.41, 5.74) is 1.77. The predicted octanol–water partition coefficient (Wildman–Crippen LogP) is 2.04. The summed E-state index contributed by atoms with van der Waals surface area (Å²) in [5, 5.41) is 8.30. The summed E-state index contributed by atoms with van der Waals surface area (Å²) < 4.78 is 1.47. The first-order chi connectivity index (χ1) is 7.22. The molecule has 0 fully saturated rings. The Kier molecular flexibility index (Phi) is 2.51. The molecule has 0 aliphatic carbocycles. The van der Waals surface area contributed by atoms with Crippen molar-refractivity contribution in [1.82, 2.24) is 15.0 Å². The van der Waals surface area contributed by atoms with E-state index in [9.17, 15) is 4.79 Å². The van der Waals surface area contributed by atoms with Crippen LogP contribution in [0.15, 0.2) is 24.3 Å². The number of hydrogen-bond acceptors (Lipinski definition) is 3. The number of benzene rings is 1. The highest BCUT2D eigenvalue weighted by Crippen LogP contribution is 2.15. The summed E-state index contributed by atoms with van der Waals surface area (Å²) >= 11 is 5.85. The topological polar surface area (TPSA) is 47.8 Å². The SMILES string of the molecule is Cc1nnn(-c2cccc(Cl)c2)c1C=O. The lowest BCUT2D eigenvalue weighted by atomic mass is 10.3. The summed E-state index contributed by atoms with van der Waals surface area (Å²) in [6, 6.07) is 7.09. The molecule has 0 unspecified atom stereocenters. The Balaban J connectivity index is 2.58. The number of aryl methyl sites for hydroxylation is 1. The summed E-state index contributed by atoms with van der Waals surface area (Å²) in [4.78, 5) is 10.8. The Morgan fingerprint density at radius 3 is 2.93 bits per heavy atom. The van der Waals surface area contributed by atoms with Crippen molar-refractivity contribution in [3.8, 4) is 5.69 Å². The van der Waals surface area contributed by atoms with Crippen LogP contribution in [0.3, 0.4) is 0 Å². The fourth-order valence-electron chi connectivity index (χ4n) is 1.30.